The fraction of sp³-hybridized carbons (Fsp3) is 0.625. The molecule has 2 aromatic carbocycles. The van der Waals surface area contributed by atoms with Crippen LogP contribution in [0.3, 0.4) is 0 Å². The zero-order valence-corrected chi connectivity index (χ0v) is 26.2. The third-order valence-electron chi connectivity index (χ3n) is 8.39. The van der Waals surface area contributed by atoms with E-state index < -0.39 is 16.6 Å². The van der Waals surface area contributed by atoms with E-state index >= 15 is 0 Å². The molecule has 4 nitrogen and oxygen atoms in total. The Bertz CT molecular complexity index is 1090. The Kier molecular flexibility index (Phi) is 9.88. The van der Waals surface area contributed by atoms with Crippen LogP contribution in [0.25, 0.3) is 0 Å². The number of hydrogen-bond acceptors (Lipinski definition) is 3. The summed E-state index contributed by atoms with van der Waals surface area (Å²) in [4.78, 5) is 0. The minimum atomic E-state index is -1.10. The molecule has 0 radical (unpaired) electrons. The molecule has 3 unspecified atom stereocenters. The Hall–Kier alpha value is -1.69. The van der Waals surface area contributed by atoms with Crippen molar-refractivity contribution in [2.24, 2.45) is 5.41 Å². The average molecular weight is 530 g/mol. The van der Waals surface area contributed by atoms with E-state index in [4.69, 9.17) is 4.74 Å². The van der Waals surface area contributed by atoms with Crippen LogP contribution in [0, 0.1) is 19.3 Å². The topological polar surface area (TPSA) is 58.6 Å². The molecule has 0 aliphatic heterocycles. The van der Waals surface area contributed by atoms with Crippen molar-refractivity contribution in [1.82, 2.24) is 4.72 Å². The summed E-state index contributed by atoms with van der Waals surface area (Å²) >= 11 is 0. The maximum absolute atomic E-state index is 12.5. The van der Waals surface area contributed by atoms with Gasteiger partial charge in [0.2, 0.25) is 0 Å². The summed E-state index contributed by atoms with van der Waals surface area (Å²) < 4.78 is 21.7. The number of hydrogen-bond donors (Lipinski definition) is 2. The van der Waals surface area contributed by atoms with Crippen LogP contribution in [0.15, 0.2) is 36.4 Å². The zero-order chi connectivity index (χ0) is 28.4. The van der Waals surface area contributed by atoms with Gasteiger partial charge in [0.25, 0.3) is 0 Å². The fourth-order valence-corrected chi connectivity index (χ4v) is 5.50. The summed E-state index contributed by atoms with van der Waals surface area (Å²) in [6.45, 7) is 25.2. The SMILES string of the molecule is CCC(CC)(c1ccc(CNS(=O)C(C)(C)C)c(C)c1)c1ccc(OC(C)C(C)(O)C(C)(C)C)c(C)c1. The van der Waals surface area contributed by atoms with Gasteiger partial charge in [-0.2, -0.15) is 0 Å². The van der Waals surface area contributed by atoms with E-state index in [-0.39, 0.29) is 21.7 Å². The lowest BCUT2D eigenvalue weighted by molar-refractivity contribution is -0.112. The second-order valence-electron chi connectivity index (χ2n) is 12.8. The van der Waals surface area contributed by atoms with Crippen LogP contribution in [0.5, 0.6) is 5.75 Å². The van der Waals surface area contributed by atoms with E-state index in [1.165, 1.54) is 22.3 Å². The molecule has 5 heteroatoms. The van der Waals surface area contributed by atoms with E-state index in [0.29, 0.717) is 6.54 Å². The third-order valence-corrected chi connectivity index (χ3v) is 9.91. The monoisotopic (exact) mass is 529 g/mol. The number of aliphatic hydroxyl groups is 1. The lowest BCUT2D eigenvalue weighted by Crippen LogP contribution is -2.51. The maximum atomic E-state index is 12.5. The van der Waals surface area contributed by atoms with Gasteiger partial charge in [-0.1, -0.05) is 65.0 Å². The molecular weight excluding hydrogens is 478 g/mol. The Morgan fingerprint density at radius 2 is 1.41 bits per heavy atom. The highest BCUT2D eigenvalue weighted by Gasteiger charge is 2.42. The summed E-state index contributed by atoms with van der Waals surface area (Å²) in [5.41, 5.74) is 4.63. The normalized spacial score (nSPS) is 16.2. The zero-order valence-electron chi connectivity index (χ0n) is 25.3. The number of rotatable bonds is 10. The number of aryl methyl sites for hydroxylation is 2. The van der Waals surface area contributed by atoms with Gasteiger partial charge in [-0.25, -0.2) is 8.93 Å². The van der Waals surface area contributed by atoms with Crippen molar-refractivity contribution in [1.29, 1.82) is 0 Å². The van der Waals surface area contributed by atoms with Crippen molar-refractivity contribution in [3.05, 3.63) is 64.2 Å². The first-order valence-corrected chi connectivity index (χ1v) is 14.8. The van der Waals surface area contributed by atoms with Crippen LogP contribution in [0.4, 0.5) is 0 Å². The predicted molar refractivity (Wildman–Crippen MR) is 159 cm³/mol. The molecule has 2 rings (SSSR count). The van der Waals surface area contributed by atoms with Gasteiger partial charge in [-0.15, -0.1) is 0 Å². The second kappa shape index (κ2) is 11.6. The van der Waals surface area contributed by atoms with Gasteiger partial charge < -0.3 is 9.84 Å². The molecule has 0 fully saturated rings. The van der Waals surface area contributed by atoms with E-state index in [1.54, 1.807) is 0 Å². The Morgan fingerprint density at radius 3 is 1.84 bits per heavy atom. The van der Waals surface area contributed by atoms with Crippen molar-refractivity contribution in [2.75, 3.05) is 0 Å². The minimum Gasteiger partial charge on any atom is -0.487 e. The first-order valence-electron chi connectivity index (χ1n) is 13.7. The summed E-state index contributed by atoms with van der Waals surface area (Å²) in [6.07, 6.45) is 1.60. The lowest BCUT2D eigenvalue weighted by atomic mass is 9.70. The molecule has 2 aromatic rings. The molecule has 0 heterocycles. The molecule has 2 N–H and O–H groups in total. The number of nitrogens with one attached hydrogen (secondary N) is 1. The largest absolute Gasteiger partial charge is 0.487 e. The van der Waals surface area contributed by atoms with Crippen LogP contribution < -0.4 is 9.46 Å². The average Bonchev–Trinajstić information content (AvgIpc) is 2.79. The quantitative estimate of drug-likeness (QED) is 0.334. The summed E-state index contributed by atoms with van der Waals surface area (Å²) in [6, 6.07) is 13.2. The van der Waals surface area contributed by atoms with Gasteiger partial charge >= 0.3 is 0 Å². The van der Waals surface area contributed by atoms with Gasteiger partial charge in [0.05, 0.1) is 15.7 Å². The van der Waals surface area contributed by atoms with E-state index in [9.17, 15) is 9.32 Å². The first-order chi connectivity index (χ1) is 16.9. The van der Waals surface area contributed by atoms with Crippen molar-refractivity contribution in [3.63, 3.8) is 0 Å². The molecule has 0 spiro atoms. The van der Waals surface area contributed by atoms with Crippen LogP contribution in [-0.2, 0) is 22.9 Å². The van der Waals surface area contributed by atoms with Crippen LogP contribution in [-0.4, -0.2) is 25.8 Å². The highest BCUT2D eigenvalue weighted by atomic mass is 32.2. The molecule has 3 atom stereocenters. The second-order valence-corrected chi connectivity index (χ2v) is 14.8. The van der Waals surface area contributed by atoms with Crippen LogP contribution in [0.1, 0.15) is 110 Å². The number of benzene rings is 2. The predicted octanol–water partition coefficient (Wildman–Crippen LogP) is 7.53. The number of ether oxygens (including phenoxy) is 1. The fourth-order valence-electron chi connectivity index (χ4n) is 4.78. The highest BCUT2D eigenvalue weighted by Crippen LogP contribution is 2.42. The van der Waals surface area contributed by atoms with Gasteiger partial charge in [-0.05, 0) is 101 Å². The van der Waals surface area contributed by atoms with Gasteiger partial charge in [0.1, 0.15) is 17.5 Å². The minimum absolute atomic E-state index is 0.114. The van der Waals surface area contributed by atoms with Gasteiger partial charge in [-0.3, -0.25) is 0 Å². The molecule has 0 bridgehead atoms. The van der Waals surface area contributed by atoms with E-state index in [1.807, 2.05) is 55.4 Å². The lowest BCUT2D eigenvalue weighted by Gasteiger charge is -2.41. The first kappa shape index (κ1) is 31.5. The van der Waals surface area contributed by atoms with E-state index in [0.717, 1.165) is 24.2 Å². The molecule has 0 saturated carbocycles. The molecule has 0 aliphatic rings. The van der Waals surface area contributed by atoms with Crippen molar-refractivity contribution >= 4 is 11.0 Å². The third kappa shape index (κ3) is 6.85. The standard InChI is InChI=1S/C32H51NO3S/c1-13-32(14-2,26-16-15-25(22(3)19-26)21-33-37(35)30(9,10)11)27-17-18-28(23(4)20-27)36-24(5)31(12,34)29(6,7)8/h15-20,24,33-34H,13-14,21H2,1-12H3. The molecule has 37 heavy (non-hydrogen) atoms. The van der Waals surface area contributed by atoms with E-state index in [2.05, 4.69) is 68.8 Å². The molecule has 0 aromatic heterocycles. The van der Waals surface area contributed by atoms with Gasteiger partial charge in [0.15, 0.2) is 0 Å². The molecule has 0 aliphatic carbocycles. The molecule has 208 valence electrons. The smallest absolute Gasteiger partial charge is 0.125 e. The van der Waals surface area contributed by atoms with Gasteiger partial charge in [0, 0.05) is 12.0 Å². The summed E-state index contributed by atoms with van der Waals surface area (Å²) in [7, 11) is -1.10. The van der Waals surface area contributed by atoms with Crippen LogP contribution >= 0.6 is 0 Å². The van der Waals surface area contributed by atoms with Crippen molar-refractivity contribution in [2.45, 2.75) is 124 Å². The maximum Gasteiger partial charge on any atom is 0.125 e. The Labute approximate surface area is 229 Å². The molecule has 0 saturated heterocycles. The molecule has 0 amide bonds. The molecular formula is C32H51NO3S. The summed E-state index contributed by atoms with van der Waals surface area (Å²) in [5, 5.41) is 11.1. The van der Waals surface area contributed by atoms with Crippen molar-refractivity contribution in [3.8, 4) is 5.75 Å². The van der Waals surface area contributed by atoms with Crippen LogP contribution in [0.2, 0.25) is 0 Å². The Balaban J connectivity index is 2.37. The van der Waals surface area contributed by atoms with Crippen molar-refractivity contribution < 1.29 is 14.1 Å². The summed E-state index contributed by atoms with van der Waals surface area (Å²) in [5.74, 6) is 0.811. The Morgan fingerprint density at radius 1 is 0.892 bits per heavy atom. The highest BCUT2D eigenvalue weighted by molar-refractivity contribution is 7.84.